The van der Waals surface area contributed by atoms with Crippen LogP contribution in [0.15, 0.2) is 0 Å². The lowest BCUT2D eigenvalue weighted by Crippen LogP contribution is -2.60. The average molecular weight is 760 g/mol. The van der Waals surface area contributed by atoms with E-state index in [0.717, 1.165) is 0 Å². The third kappa shape index (κ3) is 14.0. The molecule has 0 aliphatic carbocycles. The van der Waals surface area contributed by atoms with Crippen molar-refractivity contribution in [1.82, 2.24) is 0 Å². The van der Waals surface area contributed by atoms with Crippen molar-refractivity contribution in [1.29, 1.82) is 0 Å². The van der Waals surface area contributed by atoms with Crippen molar-refractivity contribution >= 4 is 20.2 Å². The van der Waals surface area contributed by atoms with Crippen LogP contribution in [0, 0.1) is 0 Å². The number of aliphatic hydroxyl groups excluding tert-OH is 2. The highest BCUT2D eigenvalue weighted by Crippen LogP contribution is 2.55. The lowest BCUT2D eigenvalue weighted by atomic mass is 10.00. The van der Waals surface area contributed by atoms with E-state index in [2.05, 4.69) is 0 Å². The van der Waals surface area contributed by atoms with Gasteiger partial charge in [-0.25, -0.2) is 0 Å². The van der Waals surface area contributed by atoms with Crippen LogP contribution < -0.4 is 0 Å². The summed E-state index contributed by atoms with van der Waals surface area (Å²) in [6.45, 7) is 1.39. The van der Waals surface area contributed by atoms with Gasteiger partial charge in [0.1, 0.15) is 0 Å². The zero-order valence-electron chi connectivity index (χ0n) is 21.6. The quantitative estimate of drug-likeness (QED) is 0.140. The number of rotatable bonds is 13. The monoisotopic (exact) mass is 760 g/mol. The Labute approximate surface area is 240 Å². The van der Waals surface area contributed by atoms with E-state index in [0.29, 0.717) is 0 Å². The maximum atomic E-state index is 12.8. The van der Waals surface area contributed by atoms with Crippen LogP contribution in [-0.4, -0.2) is 108 Å². The average Bonchev–Trinajstić information content (AvgIpc) is 2.75. The summed E-state index contributed by atoms with van der Waals surface area (Å²) in [5, 5.41) is 16.0. The lowest BCUT2D eigenvalue weighted by molar-refractivity contribution is -0.396. The van der Waals surface area contributed by atoms with E-state index in [1.54, 1.807) is 0 Å². The van der Waals surface area contributed by atoms with Crippen LogP contribution >= 0.6 is 0 Å². The molecule has 0 spiro atoms. The number of hydrogen-bond donors (Lipinski definition) is 4. The summed E-state index contributed by atoms with van der Waals surface area (Å²) >= 11 is 0. The van der Waals surface area contributed by atoms with Crippen LogP contribution in [0.2, 0.25) is 0 Å². The Balaban J connectivity index is -0.000000680. The van der Waals surface area contributed by atoms with Crippen LogP contribution in [0.5, 0.6) is 0 Å². The fourth-order valence-electron chi connectivity index (χ4n) is 2.08. The molecular formula is C17H22F18O8S2. The summed E-state index contributed by atoms with van der Waals surface area (Å²) in [5.41, 5.74) is 0. The Bertz CT molecular complexity index is 1030. The van der Waals surface area contributed by atoms with E-state index in [1.165, 1.54) is 6.92 Å². The predicted octanol–water partition coefficient (Wildman–Crippen LogP) is 5.60. The first-order valence-corrected chi connectivity index (χ1v) is 14.0. The van der Waals surface area contributed by atoms with Crippen molar-refractivity contribution in [2.24, 2.45) is 0 Å². The number of halogens is 18. The molecule has 0 radical (unpaired) electrons. The van der Waals surface area contributed by atoms with Crippen LogP contribution in [0.4, 0.5) is 79.0 Å². The molecule has 4 N–H and O–H groups in total. The summed E-state index contributed by atoms with van der Waals surface area (Å²) < 4.78 is 278. The molecule has 1 unspecified atom stereocenters. The molecule has 0 rings (SSSR count). The Morgan fingerprint density at radius 1 is 0.511 bits per heavy atom. The van der Waals surface area contributed by atoms with Crippen molar-refractivity contribution in [2.45, 2.75) is 86.6 Å². The molecule has 0 saturated heterocycles. The predicted molar refractivity (Wildman–Crippen MR) is 112 cm³/mol. The van der Waals surface area contributed by atoms with E-state index in [-0.39, 0.29) is 6.61 Å². The van der Waals surface area contributed by atoms with Crippen molar-refractivity contribution in [2.75, 3.05) is 18.1 Å². The maximum Gasteiger partial charge on any atom is 0.460 e. The van der Waals surface area contributed by atoms with E-state index >= 15 is 0 Å². The number of aliphatic hydroxyl groups is 2. The molecule has 0 bridgehead atoms. The Kier molecular flexibility index (Phi) is 16.6. The van der Waals surface area contributed by atoms with Gasteiger partial charge in [0.2, 0.25) is 0 Å². The van der Waals surface area contributed by atoms with Crippen LogP contribution in [-0.2, 0) is 20.2 Å². The van der Waals surface area contributed by atoms with Gasteiger partial charge in [-0.2, -0.15) is 95.9 Å². The van der Waals surface area contributed by atoms with Crippen LogP contribution in [0.3, 0.4) is 0 Å². The summed E-state index contributed by atoms with van der Waals surface area (Å²) in [7, 11) is -9.69. The Hall–Kier alpha value is -1.52. The van der Waals surface area contributed by atoms with E-state index in [4.69, 9.17) is 19.3 Å². The second-order valence-electron chi connectivity index (χ2n) is 8.51. The molecule has 45 heavy (non-hydrogen) atoms. The van der Waals surface area contributed by atoms with Gasteiger partial charge >= 0.3 is 47.9 Å². The molecule has 0 amide bonds. The van der Waals surface area contributed by atoms with Gasteiger partial charge in [0.05, 0.1) is 24.2 Å². The molecule has 0 aromatic carbocycles. The normalized spacial score (nSPS) is 15.4. The second-order valence-corrected chi connectivity index (χ2v) is 11.7. The number of alkyl halides is 18. The molecule has 0 fully saturated rings. The minimum atomic E-state index is -7.00. The summed E-state index contributed by atoms with van der Waals surface area (Å²) in [6, 6.07) is 0. The molecule has 0 aromatic rings. The van der Waals surface area contributed by atoms with Gasteiger partial charge in [0.15, 0.2) is 0 Å². The van der Waals surface area contributed by atoms with Gasteiger partial charge in [-0.15, -0.1) is 0 Å². The third-order valence-corrected chi connectivity index (χ3v) is 6.08. The fourth-order valence-corrected chi connectivity index (χ4v) is 3.10. The molecule has 1 atom stereocenters. The summed E-state index contributed by atoms with van der Waals surface area (Å²) in [6.07, 6.45) is -21.8. The Morgan fingerprint density at radius 3 is 0.844 bits per heavy atom. The van der Waals surface area contributed by atoms with Crippen molar-refractivity contribution in [3.63, 3.8) is 0 Å². The molecule has 8 nitrogen and oxygen atoms in total. The van der Waals surface area contributed by atoms with Crippen molar-refractivity contribution in [3.8, 4) is 0 Å². The minimum absolute atomic E-state index is 0.139. The molecule has 0 aliphatic heterocycles. The first-order valence-electron chi connectivity index (χ1n) is 10.8. The zero-order chi connectivity index (χ0) is 37.5. The van der Waals surface area contributed by atoms with Crippen molar-refractivity contribution < 1.29 is 115 Å². The third-order valence-electron chi connectivity index (χ3n) is 4.47. The van der Waals surface area contributed by atoms with E-state index in [9.17, 15) is 95.9 Å². The van der Waals surface area contributed by atoms with Gasteiger partial charge in [-0.1, -0.05) is 0 Å². The molecular weight excluding hydrogens is 738 g/mol. The standard InChI is InChI=1S/2C7H7F9O3S.C3H8O2/c2*8-4(9,2-1-3-20(17,18)19)5(10,11)6(12,13)7(14,15)16;1-3(5)2-4/h2*1-3H2,(H,17,18,19);3-5H,2H2,1H3. The van der Waals surface area contributed by atoms with E-state index < -0.39 is 111 Å². The maximum absolute atomic E-state index is 12.8. The van der Waals surface area contributed by atoms with Gasteiger partial charge in [0, 0.05) is 12.8 Å². The topological polar surface area (TPSA) is 149 Å². The highest BCUT2D eigenvalue weighted by molar-refractivity contribution is 7.86. The van der Waals surface area contributed by atoms with Crippen LogP contribution in [0.25, 0.3) is 0 Å². The van der Waals surface area contributed by atoms with Gasteiger partial charge in [-0.3, -0.25) is 9.11 Å². The highest BCUT2D eigenvalue weighted by atomic mass is 32.2. The molecule has 0 heterocycles. The molecule has 276 valence electrons. The lowest BCUT2D eigenvalue weighted by Gasteiger charge is -2.33. The van der Waals surface area contributed by atoms with E-state index in [1.807, 2.05) is 0 Å². The van der Waals surface area contributed by atoms with Crippen LogP contribution in [0.1, 0.15) is 32.6 Å². The molecule has 0 saturated carbocycles. The fraction of sp³-hybridized carbons (Fsp3) is 1.00. The first kappa shape index (κ1) is 47.9. The highest BCUT2D eigenvalue weighted by Gasteiger charge is 2.82. The molecule has 28 heteroatoms. The van der Waals surface area contributed by atoms with Crippen molar-refractivity contribution in [3.05, 3.63) is 0 Å². The van der Waals surface area contributed by atoms with Gasteiger partial charge < -0.3 is 10.2 Å². The van der Waals surface area contributed by atoms with Gasteiger partial charge in [0.25, 0.3) is 20.2 Å². The summed E-state index contributed by atoms with van der Waals surface area (Å²) in [5.74, 6) is -42.2. The summed E-state index contributed by atoms with van der Waals surface area (Å²) in [4.78, 5) is 0. The molecule has 0 aromatic heterocycles. The first-order chi connectivity index (χ1) is 19.2. The largest absolute Gasteiger partial charge is 0.460 e. The van der Waals surface area contributed by atoms with Gasteiger partial charge in [-0.05, 0) is 19.8 Å². The second kappa shape index (κ2) is 15.6. The SMILES string of the molecule is CC(O)CO.O=S(=O)(O)CCCC(F)(F)C(F)(F)C(F)(F)C(F)(F)F.O=S(=O)(O)CCCC(F)(F)C(F)(F)C(F)(F)C(F)(F)F. The Morgan fingerprint density at radius 2 is 0.711 bits per heavy atom. The smallest absolute Gasteiger partial charge is 0.394 e. The molecule has 0 aliphatic rings. The number of hydrogen-bond acceptors (Lipinski definition) is 6. The zero-order valence-corrected chi connectivity index (χ0v) is 23.2. The minimum Gasteiger partial charge on any atom is -0.394 e.